The van der Waals surface area contributed by atoms with Crippen LogP contribution in [-0.4, -0.2) is 42.2 Å². The Hall–Kier alpha value is -1.69. The lowest BCUT2D eigenvalue weighted by Gasteiger charge is -2.32. The highest BCUT2D eigenvalue weighted by Crippen LogP contribution is 2.22. The molecular weight excluding hydrogens is 280 g/mol. The molecule has 1 atom stereocenters. The predicted molar refractivity (Wildman–Crippen MR) is 73.4 cm³/mol. The minimum absolute atomic E-state index is 0.0401. The van der Waals surface area contributed by atoms with Gasteiger partial charge in [-0.05, 0) is 49.4 Å². The van der Waals surface area contributed by atoms with Crippen molar-refractivity contribution in [1.29, 1.82) is 0 Å². The summed E-state index contributed by atoms with van der Waals surface area (Å²) >= 11 is 0. The maximum Gasteiger partial charge on any atom is 0.387 e. The first kappa shape index (κ1) is 15.7. The molecule has 1 saturated heterocycles. The van der Waals surface area contributed by atoms with E-state index in [2.05, 4.69) is 4.74 Å². The van der Waals surface area contributed by atoms with Gasteiger partial charge in [0, 0.05) is 25.3 Å². The molecule has 6 heteroatoms. The van der Waals surface area contributed by atoms with Crippen LogP contribution in [0.25, 0.3) is 0 Å². The molecule has 1 amide bonds. The second-order valence-electron chi connectivity index (χ2n) is 5.17. The molecular formula is C15H19F2NO3. The second kappa shape index (κ2) is 7.36. The van der Waals surface area contributed by atoms with Gasteiger partial charge in [0.1, 0.15) is 5.75 Å². The number of piperidine rings is 1. The summed E-state index contributed by atoms with van der Waals surface area (Å²) in [4.78, 5) is 14.1. The summed E-state index contributed by atoms with van der Waals surface area (Å²) in [7, 11) is 0. The fourth-order valence-corrected chi connectivity index (χ4v) is 2.63. The van der Waals surface area contributed by atoms with E-state index in [0.29, 0.717) is 31.0 Å². The molecule has 4 nitrogen and oxygen atoms in total. The van der Waals surface area contributed by atoms with Crippen molar-refractivity contribution in [3.8, 4) is 5.75 Å². The van der Waals surface area contributed by atoms with E-state index >= 15 is 0 Å². The fourth-order valence-electron chi connectivity index (χ4n) is 2.63. The normalized spacial score (nSPS) is 18.9. The van der Waals surface area contributed by atoms with Crippen LogP contribution in [0.2, 0.25) is 0 Å². The average molecular weight is 299 g/mol. The van der Waals surface area contributed by atoms with Gasteiger partial charge in [-0.1, -0.05) is 0 Å². The Morgan fingerprint density at radius 1 is 1.38 bits per heavy atom. The molecule has 1 unspecified atom stereocenters. The standard InChI is InChI=1S/C15H19F2NO3/c16-15(17)21-13-5-3-12(4-6-13)14(20)18-8-1-2-11(10-18)7-9-19/h3-6,11,15,19H,1-2,7-10H2. The maximum atomic E-state index is 12.4. The number of nitrogens with zero attached hydrogens (tertiary/aromatic N) is 1. The van der Waals surface area contributed by atoms with Gasteiger partial charge in [-0.2, -0.15) is 8.78 Å². The van der Waals surface area contributed by atoms with Crippen LogP contribution in [0.4, 0.5) is 8.78 Å². The number of carbonyl (C=O) groups excluding carboxylic acids is 1. The number of hydrogen-bond donors (Lipinski definition) is 1. The molecule has 0 bridgehead atoms. The van der Waals surface area contributed by atoms with E-state index in [-0.39, 0.29) is 18.3 Å². The zero-order chi connectivity index (χ0) is 15.2. The molecule has 1 aliphatic rings. The number of aliphatic hydroxyl groups excluding tert-OH is 1. The molecule has 0 aliphatic carbocycles. The Balaban J connectivity index is 1.98. The smallest absolute Gasteiger partial charge is 0.387 e. The number of hydrogen-bond acceptors (Lipinski definition) is 3. The molecule has 0 aromatic heterocycles. The molecule has 1 heterocycles. The van der Waals surface area contributed by atoms with Gasteiger partial charge < -0.3 is 14.7 Å². The highest BCUT2D eigenvalue weighted by molar-refractivity contribution is 5.94. The van der Waals surface area contributed by atoms with Crippen molar-refractivity contribution in [2.45, 2.75) is 25.9 Å². The van der Waals surface area contributed by atoms with Crippen LogP contribution < -0.4 is 4.74 Å². The maximum absolute atomic E-state index is 12.4. The monoisotopic (exact) mass is 299 g/mol. The first-order chi connectivity index (χ1) is 10.1. The Bertz CT molecular complexity index is 462. The van der Waals surface area contributed by atoms with Crippen LogP contribution in [-0.2, 0) is 0 Å². The van der Waals surface area contributed by atoms with Gasteiger partial charge in [0.25, 0.3) is 5.91 Å². The fraction of sp³-hybridized carbons (Fsp3) is 0.533. The van der Waals surface area contributed by atoms with E-state index in [1.54, 1.807) is 4.90 Å². The largest absolute Gasteiger partial charge is 0.435 e. The quantitative estimate of drug-likeness (QED) is 0.909. The number of aliphatic hydroxyl groups is 1. The number of likely N-dealkylation sites (tertiary alicyclic amines) is 1. The topological polar surface area (TPSA) is 49.8 Å². The summed E-state index contributed by atoms with van der Waals surface area (Å²) in [6.07, 6.45) is 2.64. The molecule has 21 heavy (non-hydrogen) atoms. The van der Waals surface area contributed by atoms with Crippen molar-refractivity contribution >= 4 is 5.91 Å². The third-order valence-corrected chi connectivity index (χ3v) is 3.67. The summed E-state index contributed by atoms with van der Waals surface area (Å²) in [6.45, 7) is -1.41. The zero-order valence-corrected chi connectivity index (χ0v) is 11.7. The van der Waals surface area contributed by atoms with Crippen LogP contribution in [0.3, 0.4) is 0 Å². The summed E-state index contributed by atoms with van der Waals surface area (Å²) in [6, 6.07) is 5.73. The molecule has 0 spiro atoms. The van der Waals surface area contributed by atoms with Crippen molar-refractivity contribution in [1.82, 2.24) is 4.90 Å². The van der Waals surface area contributed by atoms with Gasteiger partial charge in [-0.25, -0.2) is 0 Å². The van der Waals surface area contributed by atoms with Crippen LogP contribution in [0.15, 0.2) is 24.3 Å². The third kappa shape index (κ3) is 4.39. The Kier molecular flexibility index (Phi) is 5.50. The van der Waals surface area contributed by atoms with Crippen LogP contribution in [0.5, 0.6) is 5.75 Å². The number of amides is 1. The van der Waals surface area contributed by atoms with E-state index in [1.165, 1.54) is 24.3 Å². The summed E-state index contributed by atoms with van der Waals surface area (Å²) in [5, 5.41) is 8.98. The Morgan fingerprint density at radius 2 is 2.10 bits per heavy atom. The minimum atomic E-state index is -2.87. The second-order valence-corrected chi connectivity index (χ2v) is 5.17. The number of carbonyl (C=O) groups is 1. The predicted octanol–water partition coefficient (Wildman–Crippen LogP) is 2.52. The third-order valence-electron chi connectivity index (χ3n) is 3.67. The van der Waals surface area contributed by atoms with Crippen molar-refractivity contribution < 1.29 is 23.4 Å². The number of halogens is 2. The van der Waals surface area contributed by atoms with E-state index in [1.807, 2.05) is 0 Å². The molecule has 116 valence electrons. The lowest BCUT2D eigenvalue weighted by molar-refractivity contribution is -0.0498. The summed E-state index contributed by atoms with van der Waals surface area (Å²) in [5.74, 6) is 0.258. The van der Waals surface area contributed by atoms with Crippen molar-refractivity contribution in [3.63, 3.8) is 0 Å². The van der Waals surface area contributed by atoms with E-state index in [9.17, 15) is 13.6 Å². The average Bonchev–Trinajstić information content (AvgIpc) is 2.47. The molecule has 0 radical (unpaired) electrons. The summed E-state index contributed by atoms with van der Waals surface area (Å²) in [5.41, 5.74) is 0.460. The molecule has 1 aromatic carbocycles. The number of rotatable bonds is 5. The molecule has 2 rings (SSSR count). The molecule has 0 saturated carbocycles. The van der Waals surface area contributed by atoms with Gasteiger partial charge in [0.05, 0.1) is 0 Å². The van der Waals surface area contributed by atoms with Crippen LogP contribution in [0, 0.1) is 5.92 Å². The first-order valence-electron chi connectivity index (χ1n) is 7.05. The van der Waals surface area contributed by atoms with Gasteiger partial charge >= 0.3 is 6.61 Å². The van der Waals surface area contributed by atoms with Crippen molar-refractivity contribution in [3.05, 3.63) is 29.8 Å². The number of alkyl halides is 2. The lowest BCUT2D eigenvalue weighted by Crippen LogP contribution is -2.40. The van der Waals surface area contributed by atoms with Crippen LogP contribution >= 0.6 is 0 Å². The first-order valence-corrected chi connectivity index (χ1v) is 7.05. The van der Waals surface area contributed by atoms with Gasteiger partial charge in [-0.3, -0.25) is 4.79 Å². The van der Waals surface area contributed by atoms with E-state index < -0.39 is 6.61 Å². The molecule has 1 aliphatic heterocycles. The van der Waals surface area contributed by atoms with E-state index in [0.717, 1.165) is 12.8 Å². The van der Waals surface area contributed by atoms with E-state index in [4.69, 9.17) is 5.11 Å². The summed E-state index contributed by atoms with van der Waals surface area (Å²) < 4.78 is 28.4. The Morgan fingerprint density at radius 3 is 2.71 bits per heavy atom. The Labute approximate surface area is 122 Å². The lowest BCUT2D eigenvalue weighted by atomic mass is 9.94. The molecule has 1 N–H and O–H groups in total. The van der Waals surface area contributed by atoms with Crippen molar-refractivity contribution in [2.75, 3.05) is 19.7 Å². The highest BCUT2D eigenvalue weighted by atomic mass is 19.3. The number of benzene rings is 1. The van der Waals surface area contributed by atoms with Crippen LogP contribution in [0.1, 0.15) is 29.6 Å². The van der Waals surface area contributed by atoms with Gasteiger partial charge in [0.15, 0.2) is 0 Å². The van der Waals surface area contributed by atoms with Gasteiger partial charge in [-0.15, -0.1) is 0 Å². The molecule has 1 fully saturated rings. The SMILES string of the molecule is O=C(c1ccc(OC(F)F)cc1)N1CCCC(CCO)C1. The number of ether oxygens (including phenoxy) is 1. The molecule has 1 aromatic rings. The van der Waals surface area contributed by atoms with Crippen molar-refractivity contribution in [2.24, 2.45) is 5.92 Å². The highest BCUT2D eigenvalue weighted by Gasteiger charge is 2.24. The van der Waals surface area contributed by atoms with Gasteiger partial charge in [0.2, 0.25) is 0 Å². The zero-order valence-electron chi connectivity index (χ0n) is 11.7. The minimum Gasteiger partial charge on any atom is -0.435 e.